The number of rotatable bonds is 3. The SMILES string of the molecule is CCC1(NC(=O)c2cc(C)ccc2N)CCC1. The van der Waals surface area contributed by atoms with Crippen molar-refractivity contribution in [2.45, 2.75) is 45.1 Å². The maximum atomic E-state index is 12.2. The predicted octanol–water partition coefficient (Wildman–Crippen LogP) is 2.64. The Bertz CT molecular complexity index is 430. The molecule has 92 valence electrons. The van der Waals surface area contributed by atoms with Crippen molar-refractivity contribution in [3.63, 3.8) is 0 Å². The lowest BCUT2D eigenvalue weighted by atomic mass is 9.74. The van der Waals surface area contributed by atoms with Gasteiger partial charge in [0.05, 0.1) is 5.56 Å². The minimum absolute atomic E-state index is 0.0211. The minimum atomic E-state index is -0.0345. The first-order chi connectivity index (χ1) is 8.06. The van der Waals surface area contributed by atoms with E-state index in [2.05, 4.69) is 12.2 Å². The number of benzene rings is 1. The van der Waals surface area contributed by atoms with Crippen LogP contribution in [0.4, 0.5) is 5.69 Å². The van der Waals surface area contributed by atoms with E-state index < -0.39 is 0 Å². The molecule has 1 amide bonds. The first-order valence-electron chi connectivity index (χ1n) is 6.25. The molecule has 1 saturated carbocycles. The summed E-state index contributed by atoms with van der Waals surface area (Å²) >= 11 is 0. The summed E-state index contributed by atoms with van der Waals surface area (Å²) in [5.74, 6) is -0.0345. The Morgan fingerprint density at radius 3 is 2.71 bits per heavy atom. The summed E-state index contributed by atoms with van der Waals surface area (Å²) < 4.78 is 0. The Balaban J connectivity index is 2.17. The molecule has 0 bridgehead atoms. The van der Waals surface area contributed by atoms with Crippen molar-refractivity contribution in [1.82, 2.24) is 5.32 Å². The maximum absolute atomic E-state index is 12.2. The molecule has 0 spiro atoms. The molecule has 1 fully saturated rings. The summed E-state index contributed by atoms with van der Waals surface area (Å²) in [5, 5.41) is 3.14. The van der Waals surface area contributed by atoms with Gasteiger partial charge in [0.2, 0.25) is 0 Å². The highest BCUT2D eigenvalue weighted by atomic mass is 16.1. The Kier molecular flexibility index (Phi) is 3.09. The summed E-state index contributed by atoms with van der Waals surface area (Å²) in [4.78, 5) is 12.2. The van der Waals surface area contributed by atoms with Gasteiger partial charge in [-0.05, 0) is 44.7 Å². The summed E-state index contributed by atoms with van der Waals surface area (Å²) in [5.41, 5.74) is 8.09. The lowest BCUT2D eigenvalue weighted by Crippen LogP contribution is -2.53. The van der Waals surface area contributed by atoms with Crippen molar-refractivity contribution >= 4 is 11.6 Å². The van der Waals surface area contributed by atoms with Crippen molar-refractivity contribution in [1.29, 1.82) is 0 Å². The van der Waals surface area contributed by atoms with Crippen LogP contribution in [0.15, 0.2) is 18.2 Å². The van der Waals surface area contributed by atoms with Gasteiger partial charge in [0.15, 0.2) is 0 Å². The van der Waals surface area contributed by atoms with Gasteiger partial charge in [-0.3, -0.25) is 4.79 Å². The van der Waals surface area contributed by atoms with E-state index in [0.717, 1.165) is 24.8 Å². The molecule has 0 aromatic heterocycles. The van der Waals surface area contributed by atoms with Gasteiger partial charge < -0.3 is 11.1 Å². The molecule has 0 heterocycles. The molecule has 3 heteroatoms. The lowest BCUT2D eigenvalue weighted by molar-refractivity contribution is 0.0821. The number of nitrogen functional groups attached to an aromatic ring is 1. The van der Waals surface area contributed by atoms with Crippen molar-refractivity contribution < 1.29 is 4.79 Å². The molecule has 0 radical (unpaired) electrons. The summed E-state index contributed by atoms with van der Waals surface area (Å²) in [6.07, 6.45) is 4.36. The quantitative estimate of drug-likeness (QED) is 0.787. The monoisotopic (exact) mass is 232 g/mol. The van der Waals surface area contributed by atoms with Crippen LogP contribution < -0.4 is 11.1 Å². The van der Waals surface area contributed by atoms with Gasteiger partial charge in [-0.2, -0.15) is 0 Å². The topological polar surface area (TPSA) is 55.1 Å². The van der Waals surface area contributed by atoms with Crippen molar-refractivity contribution in [3.8, 4) is 0 Å². The summed E-state index contributed by atoms with van der Waals surface area (Å²) in [7, 11) is 0. The fourth-order valence-electron chi connectivity index (χ4n) is 2.35. The molecule has 0 unspecified atom stereocenters. The second-order valence-electron chi connectivity index (χ2n) is 5.03. The molecule has 0 saturated heterocycles. The van der Waals surface area contributed by atoms with E-state index in [1.165, 1.54) is 6.42 Å². The fraction of sp³-hybridized carbons (Fsp3) is 0.500. The van der Waals surface area contributed by atoms with Crippen molar-refractivity contribution in [2.75, 3.05) is 5.73 Å². The van der Waals surface area contributed by atoms with Gasteiger partial charge >= 0.3 is 0 Å². The Labute approximate surface area is 102 Å². The Hall–Kier alpha value is -1.51. The molecule has 17 heavy (non-hydrogen) atoms. The largest absolute Gasteiger partial charge is 0.398 e. The number of hydrogen-bond donors (Lipinski definition) is 2. The zero-order valence-corrected chi connectivity index (χ0v) is 10.5. The van der Waals surface area contributed by atoms with E-state index >= 15 is 0 Å². The number of amides is 1. The molecule has 1 aromatic carbocycles. The number of nitrogens with one attached hydrogen (secondary N) is 1. The van der Waals surface area contributed by atoms with E-state index in [-0.39, 0.29) is 11.4 Å². The molecule has 1 aromatic rings. The van der Waals surface area contributed by atoms with Gasteiger partial charge in [-0.1, -0.05) is 18.6 Å². The minimum Gasteiger partial charge on any atom is -0.398 e. The van der Waals surface area contributed by atoms with Crippen LogP contribution in [0.25, 0.3) is 0 Å². The van der Waals surface area contributed by atoms with Gasteiger partial charge in [0.25, 0.3) is 5.91 Å². The third-order valence-electron chi connectivity index (χ3n) is 3.82. The summed E-state index contributed by atoms with van der Waals surface area (Å²) in [6.45, 7) is 4.09. The zero-order chi connectivity index (χ0) is 12.5. The number of nitrogens with two attached hydrogens (primary N) is 1. The molecular formula is C14H20N2O. The first kappa shape index (κ1) is 12.0. The number of aryl methyl sites for hydroxylation is 1. The van der Waals surface area contributed by atoms with E-state index in [1.807, 2.05) is 19.1 Å². The van der Waals surface area contributed by atoms with Crippen LogP contribution in [0.1, 0.15) is 48.5 Å². The standard InChI is InChI=1S/C14H20N2O/c1-3-14(7-4-8-14)16-13(17)11-9-10(2)5-6-12(11)15/h5-6,9H,3-4,7-8,15H2,1-2H3,(H,16,17). The second kappa shape index (κ2) is 4.40. The van der Waals surface area contributed by atoms with Crippen LogP contribution in [-0.2, 0) is 0 Å². The predicted molar refractivity (Wildman–Crippen MR) is 69.9 cm³/mol. The number of carbonyl (C=O) groups excluding carboxylic acids is 1. The van der Waals surface area contributed by atoms with Crippen molar-refractivity contribution in [2.24, 2.45) is 0 Å². The van der Waals surface area contributed by atoms with Crippen LogP contribution >= 0.6 is 0 Å². The third kappa shape index (κ3) is 2.28. The highest BCUT2D eigenvalue weighted by Crippen LogP contribution is 2.35. The number of anilines is 1. The summed E-state index contributed by atoms with van der Waals surface area (Å²) in [6, 6.07) is 5.57. The van der Waals surface area contributed by atoms with E-state index in [1.54, 1.807) is 6.07 Å². The molecule has 0 atom stereocenters. The van der Waals surface area contributed by atoms with Gasteiger partial charge in [-0.25, -0.2) is 0 Å². The van der Waals surface area contributed by atoms with E-state index in [9.17, 15) is 4.79 Å². The molecule has 3 N–H and O–H groups in total. The second-order valence-corrected chi connectivity index (χ2v) is 5.03. The lowest BCUT2D eigenvalue weighted by Gasteiger charge is -2.42. The third-order valence-corrected chi connectivity index (χ3v) is 3.82. The normalized spacial score (nSPS) is 17.3. The van der Waals surface area contributed by atoms with Crippen molar-refractivity contribution in [3.05, 3.63) is 29.3 Å². The highest BCUT2D eigenvalue weighted by molar-refractivity contribution is 5.99. The van der Waals surface area contributed by atoms with Crippen LogP contribution in [0, 0.1) is 6.92 Å². The van der Waals surface area contributed by atoms with E-state index in [4.69, 9.17) is 5.73 Å². The number of hydrogen-bond acceptors (Lipinski definition) is 2. The van der Waals surface area contributed by atoms with Crippen LogP contribution in [-0.4, -0.2) is 11.4 Å². The van der Waals surface area contributed by atoms with Crippen LogP contribution in [0.5, 0.6) is 0 Å². The molecule has 0 aliphatic heterocycles. The van der Waals surface area contributed by atoms with Gasteiger partial charge in [-0.15, -0.1) is 0 Å². The maximum Gasteiger partial charge on any atom is 0.253 e. The smallest absolute Gasteiger partial charge is 0.253 e. The number of carbonyl (C=O) groups is 1. The Morgan fingerprint density at radius 2 is 2.18 bits per heavy atom. The van der Waals surface area contributed by atoms with Crippen LogP contribution in [0.3, 0.4) is 0 Å². The average molecular weight is 232 g/mol. The highest BCUT2D eigenvalue weighted by Gasteiger charge is 2.36. The van der Waals surface area contributed by atoms with Gasteiger partial charge in [0.1, 0.15) is 0 Å². The fourth-order valence-corrected chi connectivity index (χ4v) is 2.35. The van der Waals surface area contributed by atoms with E-state index in [0.29, 0.717) is 11.3 Å². The zero-order valence-electron chi connectivity index (χ0n) is 10.5. The molecule has 1 aliphatic carbocycles. The molecule has 2 rings (SSSR count). The molecular weight excluding hydrogens is 212 g/mol. The van der Waals surface area contributed by atoms with Crippen LogP contribution in [0.2, 0.25) is 0 Å². The Morgan fingerprint density at radius 1 is 1.47 bits per heavy atom. The molecule has 3 nitrogen and oxygen atoms in total. The molecule has 1 aliphatic rings. The van der Waals surface area contributed by atoms with Gasteiger partial charge in [0, 0.05) is 11.2 Å². The average Bonchev–Trinajstić information content (AvgIpc) is 2.26. The first-order valence-corrected chi connectivity index (χ1v) is 6.25.